The molecule has 0 saturated heterocycles. The maximum Gasteiger partial charge on any atom is 0.331 e. The zero-order valence-corrected chi connectivity index (χ0v) is 14.2. The Kier molecular flexibility index (Phi) is 4.88. The summed E-state index contributed by atoms with van der Waals surface area (Å²) in [6.07, 6.45) is 0. The van der Waals surface area contributed by atoms with E-state index in [1.807, 2.05) is 26.0 Å². The maximum atomic E-state index is 12.3. The van der Waals surface area contributed by atoms with Gasteiger partial charge in [0.25, 0.3) is 0 Å². The molecule has 2 aromatic carbocycles. The fraction of sp³-hybridized carbons (Fsp3) is 0.263. The van der Waals surface area contributed by atoms with Crippen LogP contribution in [0.2, 0.25) is 0 Å². The van der Waals surface area contributed by atoms with E-state index < -0.39 is 0 Å². The first-order valence-corrected chi connectivity index (χ1v) is 8.14. The average Bonchev–Trinajstić information content (AvgIpc) is 2.56. The van der Waals surface area contributed by atoms with Crippen molar-refractivity contribution in [2.75, 3.05) is 29.9 Å². The largest absolute Gasteiger partial charge is 0.494 e. The van der Waals surface area contributed by atoms with Gasteiger partial charge in [0, 0.05) is 5.69 Å². The second-order valence-electron chi connectivity index (χ2n) is 5.81. The van der Waals surface area contributed by atoms with Gasteiger partial charge in [-0.3, -0.25) is 4.79 Å². The molecule has 0 fully saturated rings. The number of esters is 1. The summed E-state index contributed by atoms with van der Waals surface area (Å²) in [4.78, 5) is 25.8. The van der Waals surface area contributed by atoms with E-state index in [-0.39, 0.29) is 25.0 Å². The summed E-state index contributed by atoms with van der Waals surface area (Å²) in [5.74, 6) is 0.672. The van der Waals surface area contributed by atoms with Gasteiger partial charge in [-0.25, -0.2) is 4.79 Å². The molecule has 0 unspecified atom stereocenters. The quantitative estimate of drug-likeness (QED) is 0.670. The van der Waals surface area contributed by atoms with Gasteiger partial charge in [0.1, 0.15) is 12.3 Å². The maximum absolute atomic E-state index is 12.3. The van der Waals surface area contributed by atoms with Crippen LogP contribution in [0.25, 0.3) is 0 Å². The lowest BCUT2D eigenvalue weighted by molar-refractivity contribution is -0.133. The Bertz CT molecular complexity index is 787. The minimum atomic E-state index is -0.369. The van der Waals surface area contributed by atoms with Gasteiger partial charge in [-0.1, -0.05) is 6.07 Å². The third-order valence-electron chi connectivity index (χ3n) is 3.78. The lowest BCUT2D eigenvalue weighted by Gasteiger charge is -2.29. The van der Waals surface area contributed by atoms with E-state index in [4.69, 9.17) is 9.47 Å². The van der Waals surface area contributed by atoms with E-state index in [9.17, 15) is 9.59 Å². The summed E-state index contributed by atoms with van der Waals surface area (Å²) in [6, 6.07) is 12.8. The number of fused-ring (bicyclic) bond motifs is 1. The number of aryl methyl sites for hydroxylation is 1. The van der Waals surface area contributed by atoms with E-state index >= 15 is 0 Å². The molecule has 0 aliphatic carbocycles. The van der Waals surface area contributed by atoms with Crippen molar-refractivity contribution in [2.24, 2.45) is 0 Å². The van der Waals surface area contributed by atoms with E-state index in [2.05, 4.69) is 5.32 Å². The van der Waals surface area contributed by atoms with Gasteiger partial charge in [-0.05, 0) is 55.8 Å². The molecule has 0 saturated carbocycles. The zero-order valence-electron chi connectivity index (χ0n) is 14.2. The van der Waals surface area contributed by atoms with Crippen molar-refractivity contribution in [1.82, 2.24) is 0 Å². The van der Waals surface area contributed by atoms with Crippen molar-refractivity contribution in [1.29, 1.82) is 0 Å². The molecule has 3 rings (SSSR count). The molecule has 1 amide bonds. The van der Waals surface area contributed by atoms with Crippen molar-refractivity contribution in [3.63, 3.8) is 0 Å². The summed E-state index contributed by atoms with van der Waals surface area (Å²) >= 11 is 0. The number of hydrogen-bond donors (Lipinski definition) is 1. The van der Waals surface area contributed by atoms with Crippen LogP contribution < -0.4 is 19.7 Å². The molecule has 1 aliphatic heterocycles. The normalized spacial score (nSPS) is 13.0. The lowest BCUT2D eigenvalue weighted by Crippen LogP contribution is -2.41. The van der Waals surface area contributed by atoms with E-state index in [0.29, 0.717) is 18.0 Å². The molecule has 6 nitrogen and oxygen atoms in total. The highest BCUT2D eigenvalue weighted by atomic mass is 16.5. The molecule has 0 atom stereocenters. The molecular formula is C19H20N2O4. The molecule has 0 radical (unpaired) electrons. The highest BCUT2D eigenvalue weighted by Crippen LogP contribution is 2.32. The van der Waals surface area contributed by atoms with Crippen LogP contribution in [0.3, 0.4) is 0 Å². The summed E-state index contributed by atoms with van der Waals surface area (Å²) in [6.45, 7) is 4.55. The summed E-state index contributed by atoms with van der Waals surface area (Å²) < 4.78 is 10.6. The number of carbonyl (C=O) groups is 2. The van der Waals surface area contributed by atoms with E-state index in [0.717, 1.165) is 17.0 Å². The zero-order chi connectivity index (χ0) is 17.8. The first-order chi connectivity index (χ1) is 12.0. The molecule has 0 aromatic heterocycles. The number of amides is 1. The Hall–Kier alpha value is -3.02. The number of nitrogens with zero attached hydrogens (tertiary/aromatic N) is 1. The number of ether oxygens (including phenoxy) is 2. The van der Waals surface area contributed by atoms with Crippen LogP contribution in [-0.4, -0.2) is 31.6 Å². The minimum Gasteiger partial charge on any atom is -0.494 e. The van der Waals surface area contributed by atoms with Gasteiger partial charge in [0.05, 0.1) is 18.8 Å². The number of carbonyl (C=O) groups excluding carboxylic acids is 2. The summed E-state index contributed by atoms with van der Waals surface area (Å²) in [7, 11) is 0. The molecule has 0 spiro atoms. The number of benzene rings is 2. The van der Waals surface area contributed by atoms with Crippen molar-refractivity contribution in [3.05, 3.63) is 48.0 Å². The third kappa shape index (κ3) is 4.09. The van der Waals surface area contributed by atoms with Crippen LogP contribution in [0.5, 0.6) is 11.5 Å². The van der Waals surface area contributed by atoms with Crippen LogP contribution in [-0.2, 0) is 9.59 Å². The smallest absolute Gasteiger partial charge is 0.331 e. The topological polar surface area (TPSA) is 67.9 Å². The minimum absolute atomic E-state index is 0.0484. The van der Waals surface area contributed by atoms with Gasteiger partial charge in [-0.2, -0.15) is 0 Å². The van der Waals surface area contributed by atoms with Crippen molar-refractivity contribution >= 4 is 23.3 Å². The first-order valence-electron chi connectivity index (χ1n) is 8.14. The van der Waals surface area contributed by atoms with Gasteiger partial charge >= 0.3 is 5.97 Å². The molecule has 2 aromatic rings. The second-order valence-corrected chi connectivity index (χ2v) is 5.81. The molecule has 25 heavy (non-hydrogen) atoms. The van der Waals surface area contributed by atoms with Gasteiger partial charge in [0.2, 0.25) is 5.91 Å². The van der Waals surface area contributed by atoms with Crippen LogP contribution in [0.4, 0.5) is 11.4 Å². The van der Waals surface area contributed by atoms with Crippen LogP contribution >= 0.6 is 0 Å². The standard InChI is InChI=1S/C19H20N2O4/c1-3-24-15-7-5-14(6-8-15)20-18(22)11-21-12-19(23)25-17-10-13(2)4-9-16(17)21/h4-10H,3,11-12H2,1-2H3,(H,20,22). The van der Waals surface area contributed by atoms with Gasteiger partial charge < -0.3 is 19.7 Å². The van der Waals surface area contributed by atoms with E-state index in [1.165, 1.54) is 0 Å². The molecule has 1 heterocycles. The summed E-state index contributed by atoms with van der Waals surface area (Å²) in [5, 5.41) is 2.83. The monoisotopic (exact) mass is 340 g/mol. The first kappa shape index (κ1) is 16.8. The SMILES string of the molecule is CCOc1ccc(NC(=O)CN2CC(=O)Oc3cc(C)ccc32)cc1. The molecular weight excluding hydrogens is 320 g/mol. The molecule has 1 aliphatic rings. The molecule has 1 N–H and O–H groups in total. The Labute approximate surface area is 146 Å². The average molecular weight is 340 g/mol. The van der Waals surface area contributed by atoms with Gasteiger partial charge in [-0.15, -0.1) is 0 Å². The molecule has 6 heteroatoms. The third-order valence-corrected chi connectivity index (χ3v) is 3.78. The highest BCUT2D eigenvalue weighted by Gasteiger charge is 2.25. The lowest BCUT2D eigenvalue weighted by atomic mass is 10.1. The molecule has 0 bridgehead atoms. The Balaban J connectivity index is 1.68. The Morgan fingerprint density at radius 1 is 1.24 bits per heavy atom. The van der Waals surface area contributed by atoms with E-state index in [1.54, 1.807) is 35.2 Å². The second kappa shape index (κ2) is 7.25. The van der Waals surface area contributed by atoms with Crippen molar-refractivity contribution < 1.29 is 19.1 Å². The summed E-state index contributed by atoms with van der Waals surface area (Å²) in [5.41, 5.74) is 2.41. The number of nitrogens with one attached hydrogen (secondary N) is 1. The van der Waals surface area contributed by atoms with Crippen LogP contribution in [0.1, 0.15) is 12.5 Å². The van der Waals surface area contributed by atoms with Crippen molar-refractivity contribution in [3.8, 4) is 11.5 Å². The van der Waals surface area contributed by atoms with Crippen LogP contribution in [0, 0.1) is 6.92 Å². The predicted molar refractivity (Wildman–Crippen MR) is 95.3 cm³/mol. The molecule has 130 valence electrons. The Morgan fingerprint density at radius 3 is 2.72 bits per heavy atom. The predicted octanol–water partition coefficient (Wildman–Crippen LogP) is 2.76. The Morgan fingerprint density at radius 2 is 2.00 bits per heavy atom. The van der Waals surface area contributed by atoms with Crippen molar-refractivity contribution in [2.45, 2.75) is 13.8 Å². The fourth-order valence-corrected chi connectivity index (χ4v) is 2.68. The number of anilines is 2. The number of rotatable bonds is 5. The highest BCUT2D eigenvalue weighted by molar-refractivity contribution is 5.96. The van der Waals surface area contributed by atoms with Gasteiger partial charge in [0.15, 0.2) is 5.75 Å². The van der Waals surface area contributed by atoms with Crippen LogP contribution in [0.15, 0.2) is 42.5 Å². The number of hydrogen-bond acceptors (Lipinski definition) is 5. The fourth-order valence-electron chi connectivity index (χ4n) is 2.68.